The van der Waals surface area contributed by atoms with E-state index in [1.165, 1.54) is 0 Å². The van der Waals surface area contributed by atoms with E-state index < -0.39 is 0 Å². The lowest BCUT2D eigenvalue weighted by Crippen LogP contribution is -2.35. The topological polar surface area (TPSA) is 52.5 Å². The van der Waals surface area contributed by atoms with Gasteiger partial charge in [0, 0.05) is 6.04 Å². The number of aliphatic hydroxyl groups excluding tert-OH is 2. The second-order valence-corrected chi connectivity index (χ2v) is 4.10. The van der Waals surface area contributed by atoms with Gasteiger partial charge in [0.2, 0.25) is 0 Å². The molecule has 0 aromatic rings. The van der Waals surface area contributed by atoms with Gasteiger partial charge in [0.05, 0.1) is 12.2 Å². The molecule has 0 aromatic carbocycles. The summed E-state index contributed by atoms with van der Waals surface area (Å²) in [7, 11) is 0. The Bertz CT molecular complexity index is 131. The molecule has 1 atom stereocenters. The minimum atomic E-state index is -0.207. The van der Waals surface area contributed by atoms with Crippen molar-refractivity contribution < 1.29 is 10.2 Å². The van der Waals surface area contributed by atoms with E-state index in [4.69, 9.17) is 5.11 Å². The first-order valence-electron chi connectivity index (χ1n) is 5.28. The van der Waals surface area contributed by atoms with Crippen molar-refractivity contribution in [2.75, 3.05) is 6.54 Å². The van der Waals surface area contributed by atoms with Crippen LogP contribution in [0.5, 0.6) is 0 Å². The molecule has 1 fully saturated rings. The van der Waals surface area contributed by atoms with E-state index in [9.17, 15) is 5.11 Å². The Kier molecular flexibility index (Phi) is 4.70. The molecular formula is C10H21NO2. The van der Waals surface area contributed by atoms with Crippen molar-refractivity contribution in [3.05, 3.63) is 0 Å². The summed E-state index contributed by atoms with van der Waals surface area (Å²) in [5.74, 6) is 0. The van der Waals surface area contributed by atoms with Gasteiger partial charge in [-0.05, 0) is 45.6 Å². The number of hydrogen-bond acceptors (Lipinski definition) is 3. The van der Waals surface area contributed by atoms with Crippen molar-refractivity contribution in [1.29, 1.82) is 0 Å². The van der Waals surface area contributed by atoms with Gasteiger partial charge in [0.1, 0.15) is 0 Å². The molecule has 0 amide bonds. The van der Waals surface area contributed by atoms with Crippen LogP contribution in [-0.4, -0.2) is 35.0 Å². The largest absolute Gasteiger partial charge is 0.393 e. The molecule has 3 N–H and O–H groups in total. The Morgan fingerprint density at radius 2 is 1.92 bits per heavy atom. The zero-order chi connectivity index (χ0) is 9.68. The van der Waals surface area contributed by atoms with Crippen molar-refractivity contribution in [1.82, 2.24) is 5.32 Å². The molecule has 78 valence electrons. The molecule has 1 unspecified atom stereocenters. The molecule has 0 radical (unpaired) electrons. The maximum Gasteiger partial charge on any atom is 0.0541 e. The fourth-order valence-electron chi connectivity index (χ4n) is 1.78. The average molecular weight is 187 g/mol. The number of hydrogen-bond donors (Lipinski definition) is 3. The molecule has 0 bridgehead atoms. The van der Waals surface area contributed by atoms with Gasteiger partial charge in [-0.2, -0.15) is 0 Å². The SMILES string of the molecule is CC(O)CCNC1CCC(O)CC1. The van der Waals surface area contributed by atoms with Gasteiger partial charge in [0.15, 0.2) is 0 Å². The molecule has 0 spiro atoms. The van der Waals surface area contributed by atoms with Crippen LogP contribution in [-0.2, 0) is 0 Å². The van der Waals surface area contributed by atoms with E-state index >= 15 is 0 Å². The molecular weight excluding hydrogens is 166 g/mol. The minimum absolute atomic E-state index is 0.0742. The Labute approximate surface area is 80.2 Å². The predicted molar refractivity (Wildman–Crippen MR) is 52.6 cm³/mol. The summed E-state index contributed by atoms with van der Waals surface area (Å²) in [5, 5.41) is 21.7. The van der Waals surface area contributed by atoms with Gasteiger partial charge in [-0.15, -0.1) is 0 Å². The van der Waals surface area contributed by atoms with Gasteiger partial charge in [0.25, 0.3) is 0 Å². The Hall–Kier alpha value is -0.120. The van der Waals surface area contributed by atoms with Crippen LogP contribution >= 0.6 is 0 Å². The molecule has 1 saturated carbocycles. The Morgan fingerprint density at radius 1 is 1.31 bits per heavy atom. The van der Waals surface area contributed by atoms with Crippen LogP contribution in [0.3, 0.4) is 0 Å². The van der Waals surface area contributed by atoms with E-state index in [0.29, 0.717) is 6.04 Å². The van der Waals surface area contributed by atoms with Crippen molar-refractivity contribution in [2.45, 2.75) is 57.3 Å². The van der Waals surface area contributed by atoms with Gasteiger partial charge >= 0.3 is 0 Å². The smallest absolute Gasteiger partial charge is 0.0541 e. The van der Waals surface area contributed by atoms with E-state index in [2.05, 4.69) is 5.32 Å². The molecule has 0 heterocycles. The summed E-state index contributed by atoms with van der Waals surface area (Å²) in [5.41, 5.74) is 0. The maximum absolute atomic E-state index is 9.27. The first-order valence-corrected chi connectivity index (χ1v) is 5.28. The predicted octanol–water partition coefficient (Wildman–Crippen LogP) is 0.650. The Morgan fingerprint density at radius 3 is 2.46 bits per heavy atom. The highest BCUT2D eigenvalue weighted by atomic mass is 16.3. The second-order valence-electron chi connectivity index (χ2n) is 4.10. The molecule has 1 aliphatic carbocycles. The van der Waals surface area contributed by atoms with Crippen LogP contribution in [0.25, 0.3) is 0 Å². The average Bonchev–Trinajstić information content (AvgIpc) is 2.08. The van der Waals surface area contributed by atoms with E-state index in [-0.39, 0.29) is 12.2 Å². The highest BCUT2D eigenvalue weighted by Crippen LogP contribution is 2.18. The molecule has 13 heavy (non-hydrogen) atoms. The van der Waals surface area contributed by atoms with Crippen molar-refractivity contribution in [2.24, 2.45) is 0 Å². The van der Waals surface area contributed by atoms with Crippen molar-refractivity contribution in [3.63, 3.8) is 0 Å². The summed E-state index contributed by atoms with van der Waals surface area (Å²) in [4.78, 5) is 0. The van der Waals surface area contributed by atoms with Crippen molar-refractivity contribution in [3.8, 4) is 0 Å². The van der Waals surface area contributed by atoms with Crippen LogP contribution < -0.4 is 5.32 Å². The number of aliphatic hydroxyl groups is 2. The standard InChI is InChI=1S/C10H21NO2/c1-8(12)6-7-11-9-2-4-10(13)5-3-9/h8-13H,2-7H2,1H3. The van der Waals surface area contributed by atoms with Gasteiger partial charge < -0.3 is 15.5 Å². The van der Waals surface area contributed by atoms with E-state index in [1.807, 2.05) is 6.92 Å². The van der Waals surface area contributed by atoms with Gasteiger partial charge in [-0.1, -0.05) is 0 Å². The quantitative estimate of drug-likeness (QED) is 0.605. The highest BCUT2D eigenvalue weighted by molar-refractivity contribution is 4.76. The van der Waals surface area contributed by atoms with Crippen LogP contribution in [0.2, 0.25) is 0 Å². The summed E-state index contributed by atoms with van der Waals surface area (Å²) in [6, 6.07) is 0.558. The van der Waals surface area contributed by atoms with Crippen LogP contribution in [0.1, 0.15) is 39.0 Å². The normalized spacial score (nSPS) is 31.6. The zero-order valence-electron chi connectivity index (χ0n) is 8.37. The van der Waals surface area contributed by atoms with E-state index in [0.717, 1.165) is 38.6 Å². The first-order chi connectivity index (χ1) is 6.18. The minimum Gasteiger partial charge on any atom is -0.393 e. The van der Waals surface area contributed by atoms with Crippen molar-refractivity contribution >= 4 is 0 Å². The Balaban J connectivity index is 2.02. The summed E-state index contributed by atoms with van der Waals surface area (Å²) >= 11 is 0. The lowest BCUT2D eigenvalue weighted by Gasteiger charge is -2.26. The monoisotopic (exact) mass is 187 g/mol. The lowest BCUT2D eigenvalue weighted by atomic mass is 9.93. The molecule has 0 aliphatic heterocycles. The summed E-state index contributed by atoms with van der Waals surface area (Å²) < 4.78 is 0. The molecule has 1 aliphatic rings. The highest BCUT2D eigenvalue weighted by Gasteiger charge is 2.18. The van der Waals surface area contributed by atoms with Crippen LogP contribution in [0, 0.1) is 0 Å². The lowest BCUT2D eigenvalue weighted by molar-refractivity contribution is 0.115. The van der Waals surface area contributed by atoms with Crippen LogP contribution in [0.15, 0.2) is 0 Å². The van der Waals surface area contributed by atoms with Gasteiger partial charge in [-0.3, -0.25) is 0 Å². The second kappa shape index (κ2) is 5.58. The molecule has 3 heteroatoms. The van der Waals surface area contributed by atoms with E-state index in [1.54, 1.807) is 0 Å². The number of rotatable bonds is 4. The summed E-state index contributed by atoms with van der Waals surface area (Å²) in [6.07, 6.45) is 4.52. The summed E-state index contributed by atoms with van der Waals surface area (Å²) in [6.45, 7) is 2.70. The molecule has 0 saturated heterocycles. The maximum atomic E-state index is 9.27. The van der Waals surface area contributed by atoms with Gasteiger partial charge in [-0.25, -0.2) is 0 Å². The first kappa shape index (κ1) is 11.0. The van der Waals surface area contributed by atoms with Crippen LogP contribution in [0.4, 0.5) is 0 Å². The fraction of sp³-hybridized carbons (Fsp3) is 1.00. The number of nitrogens with one attached hydrogen (secondary N) is 1. The third-order valence-corrected chi connectivity index (χ3v) is 2.69. The fourth-order valence-corrected chi connectivity index (χ4v) is 1.78. The zero-order valence-corrected chi connectivity index (χ0v) is 8.37. The third kappa shape index (κ3) is 4.60. The molecule has 1 rings (SSSR count). The third-order valence-electron chi connectivity index (χ3n) is 2.69. The molecule has 0 aromatic heterocycles. The molecule has 3 nitrogen and oxygen atoms in total.